The summed E-state index contributed by atoms with van der Waals surface area (Å²) in [5, 5.41) is 11.4. The molecule has 0 fully saturated rings. The molecule has 1 aromatic heterocycles. The highest BCUT2D eigenvalue weighted by molar-refractivity contribution is 7.97. The monoisotopic (exact) mass is 301 g/mol. The Balaban J connectivity index is 1.71. The Hall–Kier alpha value is -1.53. The maximum absolute atomic E-state index is 4.47. The quantitative estimate of drug-likeness (QED) is 0.758. The van der Waals surface area contributed by atoms with Crippen molar-refractivity contribution in [2.75, 3.05) is 12.4 Å². The maximum Gasteiger partial charge on any atom is 0.225 e. The zero-order chi connectivity index (χ0) is 14.2. The Labute approximate surface area is 128 Å². The van der Waals surface area contributed by atoms with E-state index in [1.807, 2.05) is 7.05 Å². The van der Waals surface area contributed by atoms with Crippen molar-refractivity contribution in [2.45, 2.75) is 43.7 Å². The number of H-pyrrole nitrogens is 1. The van der Waals surface area contributed by atoms with Crippen LogP contribution in [0.15, 0.2) is 11.2 Å². The van der Waals surface area contributed by atoms with Gasteiger partial charge in [0.15, 0.2) is 0 Å². The van der Waals surface area contributed by atoms with Crippen molar-refractivity contribution in [3.8, 4) is 0 Å². The Bertz CT molecular complexity index is 647. The summed E-state index contributed by atoms with van der Waals surface area (Å²) in [6.07, 6.45) is 7.33. The second-order valence-corrected chi connectivity index (χ2v) is 6.61. The molecule has 1 aromatic carbocycles. The molecule has 0 saturated heterocycles. The van der Waals surface area contributed by atoms with E-state index in [1.165, 1.54) is 78.4 Å². The highest BCUT2D eigenvalue weighted by atomic mass is 32.2. The topological polar surface area (TPSA) is 65.6 Å². The fourth-order valence-corrected chi connectivity index (χ4v) is 3.94. The number of hydrogen-bond donors (Lipinski definition) is 3. The molecule has 2 aliphatic carbocycles. The highest BCUT2D eigenvalue weighted by Crippen LogP contribution is 2.39. The number of aryl methyl sites for hydroxylation is 2. The van der Waals surface area contributed by atoms with E-state index in [9.17, 15) is 0 Å². The van der Waals surface area contributed by atoms with Gasteiger partial charge in [-0.05, 0) is 79.8 Å². The molecular formula is C15H19N5S. The molecule has 21 heavy (non-hydrogen) atoms. The number of fused-ring (bicyclic) bond motifs is 2. The van der Waals surface area contributed by atoms with E-state index in [2.05, 4.69) is 31.3 Å². The molecule has 0 spiro atoms. The molecule has 2 aromatic rings. The smallest absolute Gasteiger partial charge is 0.225 e. The number of aromatic amines is 1. The van der Waals surface area contributed by atoms with Crippen LogP contribution in [0, 0.1) is 0 Å². The molecule has 1 heterocycles. The van der Waals surface area contributed by atoms with Crippen LogP contribution in [0.3, 0.4) is 0 Å². The molecule has 6 heteroatoms. The Morgan fingerprint density at radius 2 is 1.81 bits per heavy atom. The normalized spacial score (nSPS) is 16.0. The minimum absolute atomic E-state index is 0.712. The number of benzene rings is 1. The molecule has 0 bridgehead atoms. The predicted octanol–water partition coefficient (Wildman–Crippen LogP) is 2.75. The van der Waals surface area contributed by atoms with Crippen LogP contribution < -0.4 is 10.0 Å². The average Bonchev–Trinajstić information content (AvgIpc) is 3.18. The molecule has 4 rings (SSSR count). The minimum Gasteiger partial charge on any atom is -0.324 e. The van der Waals surface area contributed by atoms with Crippen molar-refractivity contribution in [2.24, 2.45) is 0 Å². The molecule has 0 aliphatic heterocycles. The van der Waals surface area contributed by atoms with Gasteiger partial charge >= 0.3 is 0 Å². The van der Waals surface area contributed by atoms with Gasteiger partial charge in [0.2, 0.25) is 11.1 Å². The third kappa shape index (κ3) is 2.32. The van der Waals surface area contributed by atoms with E-state index in [0.717, 1.165) is 5.95 Å². The standard InChI is InChI=1S/C15H19N5S/c1-16-21-15-18-14(19-20-15)17-13-11-6-2-4-9(11)8-10-5-3-7-12(10)13/h8,16H,2-7H2,1H3,(H2,17,18,19,20). The zero-order valence-electron chi connectivity index (χ0n) is 12.1. The van der Waals surface area contributed by atoms with Gasteiger partial charge in [-0.25, -0.2) is 5.10 Å². The molecule has 0 saturated carbocycles. The molecular weight excluding hydrogens is 282 g/mol. The molecule has 0 unspecified atom stereocenters. The summed E-state index contributed by atoms with van der Waals surface area (Å²) in [6.45, 7) is 0. The van der Waals surface area contributed by atoms with Gasteiger partial charge in [-0.15, -0.1) is 5.10 Å². The first kappa shape index (κ1) is 13.2. The van der Waals surface area contributed by atoms with E-state index in [-0.39, 0.29) is 0 Å². The van der Waals surface area contributed by atoms with Gasteiger partial charge in [0.25, 0.3) is 0 Å². The van der Waals surface area contributed by atoms with E-state index in [1.54, 1.807) is 0 Å². The molecule has 2 aliphatic rings. The third-order valence-electron chi connectivity index (χ3n) is 4.37. The van der Waals surface area contributed by atoms with Crippen molar-refractivity contribution >= 4 is 23.6 Å². The van der Waals surface area contributed by atoms with Gasteiger partial charge < -0.3 is 5.32 Å². The lowest BCUT2D eigenvalue weighted by Crippen LogP contribution is -2.02. The van der Waals surface area contributed by atoms with E-state index >= 15 is 0 Å². The molecule has 3 N–H and O–H groups in total. The van der Waals surface area contributed by atoms with E-state index in [4.69, 9.17) is 0 Å². The Morgan fingerprint density at radius 1 is 1.10 bits per heavy atom. The van der Waals surface area contributed by atoms with Crippen molar-refractivity contribution in [3.05, 3.63) is 28.3 Å². The van der Waals surface area contributed by atoms with Gasteiger partial charge in [-0.1, -0.05) is 6.07 Å². The maximum atomic E-state index is 4.47. The third-order valence-corrected chi connectivity index (χ3v) is 4.94. The lowest BCUT2D eigenvalue weighted by Gasteiger charge is -2.15. The number of aromatic nitrogens is 3. The van der Waals surface area contributed by atoms with Crippen LogP contribution in [0.25, 0.3) is 0 Å². The van der Waals surface area contributed by atoms with Gasteiger partial charge in [0, 0.05) is 5.69 Å². The number of rotatable bonds is 4. The van der Waals surface area contributed by atoms with Gasteiger partial charge in [-0.2, -0.15) is 4.98 Å². The van der Waals surface area contributed by atoms with Crippen LogP contribution in [0.2, 0.25) is 0 Å². The van der Waals surface area contributed by atoms with Crippen molar-refractivity contribution < 1.29 is 0 Å². The second-order valence-electron chi connectivity index (χ2n) is 5.63. The largest absolute Gasteiger partial charge is 0.324 e. The number of anilines is 2. The van der Waals surface area contributed by atoms with Crippen LogP contribution in [-0.4, -0.2) is 22.2 Å². The van der Waals surface area contributed by atoms with Crippen molar-refractivity contribution in [1.29, 1.82) is 0 Å². The number of nitrogens with one attached hydrogen (secondary N) is 3. The Kier molecular flexibility index (Phi) is 3.35. The first-order valence-corrected chi connectivity index (χ1v) is 8.36. The van der Waals surface area contributed by atoms with Gasteiger partial charge in [0.1, 0.15) is 0 Å². The molecule has 0 amide bonds. The van der Waals surface area contributed by atoms with E-state index < -0.39 is 0 Å². The zero-order valence-corrected chi connectivity index (χ0v) is 12.9. The van der Waals surface area contributed by atoms with Gasteiger partial charge in [0.05, 0.1) is 0 Å². The SMILES string of the molecule is CNSc1n[nH]c(Nc2c3c(cc4c2CCC4)CCC3)n1. The fourth-order valence-electron chi connectivity index (χ4n) is 3.52. The van der Waals surface area contributed by atoms with Crippen molar-refractivity contribution in [3.63, 3.8) is 0 Å². The number of hydrogen-bond acceptors (Lipinski definition) is 5. The van der Waals surface area contributed by atoms with Gasteiger partial charge in [-0.3, -0.25) is 4.72 Å². The lowest BCUT2D eigenvalue weighted by atomic mass is 9.99. The van der Waals surface area contributed by atoms with Crippen molar-refractivity contribution in [1.82, 2.24) is 19.9 Å². The minimum atomic E-state index is 0.712. The highest BCUT2D eigenvalue weighted by Gasteiger charge is 2.24. The van der Waals surface area contributed by atoms with Crippen LogP contribution in [0.4, 0.5) is 11.6 Å². The second kappa shape index (κ2) is 5.35. The summed E-state index contributed by atoms with van der Waals surface area (Å²) in [5.74, 6) is 0.738. The van der Waals surface area contributed by atoms with Crippen LogP contribution in [0.5, 0.6) is 0 Å². The lowest BCUT2D eigenvalue weighted by molar-refractivity contribution is 0.898. The predicted molar refractivity (Wildman–Crippen MR) is 85.1 cm³/mol. The summed E-state index contributed by atoms with van der Waals surface area (Å²) in [7, 11) is 1.87. The molecule has 0 radical (unpaired) electrons. The first-order chi connectivity index (χ1) is 10.3. The van der Waals surface area contributed by atoms with E-state index in [0.29, 0.717) is 5.16 Å². The average molecular weight is 301 g/mol. The molecule has 110 valence electrons. The van der Waals surface area contributed by atoms with Crippen LogP contribution in [-0.2, 0) is 25.7 Å². The fraction of sp³-hybridized carbons (Fsp3) is 0.467. The van der Waals surface area contributed by atoms with Crippen LogP contribution in [0.1, 0.15) is 35.1 Å². The first-order valence-electron chi connectivity index (χ1n) is 7.54. The Morgan fingerprint density at radius 3 is 2.48 bits per heavy atom. The summed E-state index contributed by atoms with van der Waals surface area (Å²) in [4.78, 5) is 4.47. The summed E-state index contributed by atoms with van der Waals surface area (Å²) in [5.41, 5.74) is 7.35. The molecule has 0 atom stereocenters. The summed E-state index contributed by atoms with van der Waals surface area (Å²) < 4.78 is 2.99. The number of nitrogens with zero attached hydrogens (tertiary/aromatic N) is 2. The summed E-state index contributed by atoms with van der Waals surface area (Å²) >= 11 is 1.41. The summed E-state index contributed by atoms with van der Waals surface area (Å²) in [6, 6.07) is 2.44. The van der Waals surface area contributed by atoms with Crippen LogP contribution >= 0.6 is 11.9 Å². The molecule has 5 nitrogen and oxygen atoms in total.